The van der Waals surface area contributed by atoms with E-state index in [1.165, 1.54) is 9.75 Å². The zero-order valence-electron chi connectivity index (χ0n) is 16.3. The Morgan fingerprint density at radius 3 is 2.21 bits per heavy atom. The molecule has 0 unspecified atom stereocenters. The van der Waals surface area contributed by atoms with Gasteiger partial charge in [-0.05, 0) is 73.2 Å². The van der Waals surface area contributed by atoms with E-state index in [1.54, 1.807) is 63.0 Å². The second-order valence-electron chi connectivity index (χ2n) is 6.13. The normalized spacial score (nSPS) is 10.9. The number of methoxy groups -OCH3 is 3. The quantitative estimate of drug-likeness (QED) is 0.384. The van der Waals surface area contributed by atoms with Gasteiger partial charge in [0, 0.05) is 20.9 Å². The Morgan fingerprint density at radius 2 is 1.57 bits per heavy atom. The molecule has 0 saturated carbocycles. The van der Waals surface area contributed by atoms with E-state index in [9.17, 15) is 4.79 Å². The maximum atomic E-state index is 12.6. The molecule has 4 nitrogen and oxygen atoms in total. The summed E-state index contributed by atoms with van der Waals surface area (Å²) in [6.07, 6.45) is 3.32. The van der Waals surface area contributed by atoms with Gasteiger partial charge >= 0.3 is 0 Å². The molecule has 0 aliphatic carbocycles. The number of thiophene rings is 1. The van der Waals surface area contributed by atoms with Gasteiger partial charge in [-0.25, -0.2) is 0 Å². The Labute approximate surface area is 169 Å². The number of carbonyl (C=O) groups excluding carboxylic acids is 1. The first-order valence-corrected chi connectivity index (χ1v) is 9.56. The Bertz CT molecular complexity index is 1020. The number of rotatable bonds is 7. The van der Waals surface area contributed by atoms with Crippen LogP contribution in [0.5, 0.6) is 17.2 Å². The first kappa shape index (κ1) is 19.7. The average molecular weight is 394 g/mol. The standard InChI is InChI=1S/C23H22O4S/c1-15-5-12-23(28-15)18-8-10-20(25-2)17(13-18)6-9-19(24)16-7-11-21(26-3)22(14-16)27-4/h5-14H,1-4H3. The summed E-state index contributed by atoms with van der Waals surface area (Å²) in [5.74, 6) is 1.70. The molecule has 1 aromatic heterocycles. The molecule has 0 radical (unpaired) electrons. The van der Waals surface area contributed by atoms with E-state index < -0.39 is 0 Å². The van der Waals surface area contributed by atoms with Crippen LogP contribution in [-0.2, 0) is 0 Å². The summed E-state index contributed by atoms with van der Waals surface area (Å²) in [5, 5.41) is 0. The summed E-state index contributed by atoms with van der Waals surface area (Å²) in [6.45, 7) is 2.08. The molecule has 0 aliphatic heterocycles. The summed E-state index contributed by atoms with van der Waals surface area (Å²) < 4.78 is 15.9. The molecule has 144 valence electrons. The highest BCUT2D eigenvalue weighted by Gasteiger charge is 2.10. The molecule has 0 spiro atoms. The largest absolute Gasteiger partial charge is 0.496 e. The zero-order valence-corrected chi connectivity index (χ0v) is 17.1. The van der Waals surface area contributed by atoms with Crippen molar-refractivity contribution in [2.24, 2.45) is 0 Å². The molecule has 3 aromatic rings. The lowest BCUT2D eigenvalue weighted by molar-refractivity contribution is 0.104. The maximum absolute atomic E-state index is 12.6. The van der Waals surface area contributed by atoms with Crippen LogP contribution in [0.4, 0.5) is 0 Å². The van der Waals surface area contributed by atoms with Crippen LogP contribution in [0.15, 0.2) is 54.6 Å². The highest BCUT2D eigenvalue weighted by Crippen LogP contribution is 2.32. The van der Waals surface area contributed by atoms with Crippen LogP contribution in [0, 0.1) is 6.92 Å². The van der Waals surface area contributed by atoms with Crippen LogP contribution in [0.3, 0.4) is 0 Å². The summed E-state index contributed by atoms with van der Waals surface area (Å²) in [6, 6.07) is 15.3. The minimum absolute atomic E-state index is 0.125. The van der Waals surface area contributed by atoms with Gasteiger partial charge in [0.15, 0.2) is 17.3 Å². The second-order valence-corrected chi connectivity index (χ2v) is 7.42. The molecule has 2 aromatic carbocycles. The highest BCUT2D eigenvalue weighted by atomic mass is 32.1. The fourth-order valence-corrected chi connectivity index (χ4v) is 3.72. The zero-order chi connectivity index (χ0) is 20.1. The van der Waals surface area contributed by atoms with Gasteiger partial charge in [-0.1, -0.05) is 0 Å². The smallest absolute Gasteiger partial charge is 0.185 e. The van der Waals surface area contributed by atoms with Gasteiger partial charge in [-0.15, -0.1) is 11.3 Å². The van der Waals surface area contributed by atoms with Crippen LogP contribution >= 0.6 is 11.3 Å². The first-order valence-electron chi connectivity index (χ1n) is 8.75. The molecule has 28 heavy (non-hydrogen) atoms. The number of ketones is 1. The van der Waals surface area contributed by atoms with Gasteiger partial charge in [-0.2, -0.15) is 0 Å². The van der Waals surface area contributed by atoms with Crippen LogP contribution in [0.25, 0.3) is 16.5 Å². The molecule has 0 aliphatic rings. The molecule has 0 N–H and O–H groups in total. The highest BCUT2D eigenvalue weighted by molar-refractivity contribution is 7.15. The molecule has 0 bridgehead atoms. The van der Waals surface area contributed by atoms with E-state index >= 15 is 0 Å². The monoisotopic (exact) mass is 394 g/mol. The van der Waals surface area contributed by atoms with E-state index in [4.69, 9.17) is 14.2 Å². The summed E-state index contributed by atoms with van der Waals surface area (Å²) in [5.41, 5.74) is 2.47. The third-order valence-corrected chi connectivity index (χ3v) is 5.39. The van der Waals surface area contributed by atoms with Gasteiger partial charge in [0.2, 0.25) is 0 Å². The van der Waals surface area contributed by atoms with Gasteiger partial charge in [0.25, 0.3) is 0 Å². The fourth-order valence-electron chi connectivity index (χ4n) is 2.86. The SMILES string of the molecule is COc1ccc(-c2ccc(C)s2)cc1C=CC(=O)c1ccc(OC)c(OC)c1. The topological polar surface area (TPSA) is 44.8 Å². The van der Waals surface area contributed by atoms with Crippen LogP contribution in [0.2, 0.25) is 0 Å². The number of allylic oxidation sites excluding steroid dienone is 1. The molecule has 1 heterocycles. The third kappa shape index (κ3) is 4.26. The molecular formula is C23H22O4S. The number of ether oxygens (including phenoxy) is 3. The van der Waals surface area contributed by atoms with Gasteiger partial charge in [0.1, 0.15) is 5.75 Å². The summed E-state index contributed by atoms with van der Waals surface area (Å²) in [7, 11) is 4.73. The maximum Gasteiger partial charge on any atom is 0.185 e. The van der Waals surface area contributed by atoms with Crippen molar-refractivity contribution in [1.29, 1.82) is 0 Å². The molecule has 0 saturated heterocycles. The second kappa shape index (κ2) is 8.76. The lowest BCUT2D eigenvalue weighted by Crippen LogP contribution is -1.97. The Balaban J connectivity index is 1.89. The Kier molecular flexibility index (Phi) is 6.16. The molecular weight excluding hydrogens is 372 g/mol. The molecule has 3 rings (SSSR count). The molecule has 0 atom stereocenters. The Hall–Kier alpha value is -3.05. The van der Waals surface area contributed by atoms with E-state index in [0.29, 0.717) is 22.8 Å². The summed E-state index contributed by atoms with van der Waals surface area (Å²) >= 11 is 1.73. The van der Waals surface area contributed by atoms with Crippen molar-refractivity contribution in [2.45, 2.75) is 6.92 Å². The van der Waals surface area contributed by atoms with Crippen molar-refractivity contribution in [1.82, 2.24) is 0 Å². The predicted molar refractivity (Wildman–Crippen MR) is 114 cm³/mol. The van der Waals surface area contributed by atoms with E-state index in [1.807, 2.05) is 18.2 Å². The number of carbonyl (C=O) groups is 1. The minimum Gasteiger partial charge on any atom is -0.496 e. The minimum atomic E-state index is -0.125. The number of hydrogen-bond acceptors (Lipinski definition) is 5. The van der Waals surface area contributed by atoms with Crippen molar-refractivity contribution in [3.05, 3.63) is 70.6 Å². The number of benzene rings is 2. The van der Waals surface area contributed by atoms with Crippen molar-refractivity contribution in [2.75, 3.05) is 21.3 Å². The van der Waals surface area contributed by atoms with Gasteiger partial charge < -0.3 is 14.2 Å². The van der Waals surface area contributed by atoms with Crippen molar-refractivity contribution >= 4 is 23.2 Å². The summed E-state index contributed by atoms with van der Waals surface area (Å²) in [4.78, 5) is 15.1. The third-order valence-electron chi connectivity index (χ3n) is 4.34. The lowest BCUT2D eigenvalue weighted by atomic mass is 10.1. The van der Waals surface area contributed by atoms with Crippen LogP contribution in [-0.4, -0.2) is 27.1 Å². The fraction of sp³-hybridized carbons (Fsp3) is 0.174. The van der Waals surface area contributed by atoms with E-state index in [0.717, 1.165) is 11.1 Å². The van der Waals surface area contributed by atoms with Gasteiger partial charge in [-0.3, -0.25) is 4.79 Å². The van der Waals surface area contributed by atoms with E-state index in [2.05, 4.69) is 19.1 Å². The van der Waals surface area contributed by atoms with Crippen molar-refractivity contribution in [3.8, 4) is 27.7 Å². The van der Waals surface area contributed by atoms with E-state index in [-0.39, 0.29) is 5.78 Å². The molecule has 0 amide bonds. The molecule has 5 heteroatoms. The van der Waals surface area contributed by atoms with Crippen LogP contribution < -0.4 is 14.2 Å². The average Bonchev–Trinajstić information content (AvgIpc) is 3.17. The lowest BCUT2D eigenvalue weighted by Gasteiger charge is -2.08. The van der Waals surface area contributed by atoms with Crippen molar-refractivity contribution in [3.63, 3.8) is 0 Å². The van der Waals surface area contributed by atoms with Gasteiger partial charge in [0.05, 0.1) is 21.3 Å². The van der Waals surface area contributed by atoms with Crippen LogP contribution in [0.1, 0.15) is 20.8 Å². The molecule has 0 fully saturated rings. The predicted octanol–water partition coefficient (Wildman–Crippen LogP) is 5.65. The number of hydrogen-bond donors (Lipinski definition) is 0. The number of aryl methyl sites for hydroxylation is 1. The Morgan fingerprint density at radius 1 is 0.857 bits per heavy atom. The van der Waals surface area contributed by atoms with Crippen molar-refractivity contribution < 1.29 is 19.0 Å². The first-order chi connectivity index (χ1) is 13.5.